The summed E-state index contributed by atoms with van der Waals surface area (Å²) < 4.78 is 39.4. The standard InChI is InChI=1S/C25H24N2O5S/c1-2-15-27(20-10-4-3-5-11-20)33(29,30)22-12-8-9-19(16-22)25(28)26-17-21-18-31-23-13-6-7-14-24(23)32-21/h2-14,16,21H,1,15,17-18H2,(H,26,28)/t21-/m0/s1. The van der Waals surface area contributed by atoms with Crippen LogP contribution in [0.5, 0.6) is 11.5 Å². The lowest BCUT2D eigenvalue weighted by Gasteiger charge is -2.26. The van der Waals surface area contributed by atoms with E-state index in [-0.39, 0.29) is 29.7 Å². The first-order valence-electron chi connectivity index (χ1n) is 10.4. The third-order valence-corrected chi connectivity index (χ3v) is 6.87. The second-order valence-electron chi connectivity index (χ2n) is 7.40. The minimum absolute atomic E-state index is 0.0204. The summed E-state index contributed by atoms with van der Waals surface area (Å²) in [5, 5.41) is 2.80. The minimum Gasteiger partial charge on any atom is -0.486 e. The quantitative estimate of drug-likeness (QED) is 0.515. The summed E-state index contributed by atoms with van der Waals surface area (Å²) in [6.07, 6.45) is 1.17. The number of nitrogens with zero attached hydrogens (tertiary/aromatic N) is 1. The Morgan fingerprint density at radius 1 is 1.03 bits per heavy atom. The van der Waals surface area contributed by atoms with Gasteiger partial charge in [-0.2, -0.15) is 0 Å². The van der Waals surface area contributed by atoms with Crippen LogP contribution in [0.3, 0.4) is 0 Å². The van der Waals surface area contributed by atoms with Crippen molar-refractivity contribution in [2.24, 2.45) is 0 Å². The lowest BCUT2D eigenvalue weighted by molar-refractivity contribution is 0.0789. The van der Waals surface area contributed by atoms with E-state index in [9.17, 15) is 13.2 Å². The van der Waals surface area contributed by atoms with E-state index in [0.29, 0.717) is 23.8 Å². The molecule has 1 heterocycles. The highest BCUT2D eigenvalue weighted by Crippen LogP contribution is 2.30. The van der Waals surface area contributed by atoms with Gasteiger partial charge in [0.05, 0.1) is 23.7 Å². The molecule has 1 aliphatic heterocycles. The van der Waals surface area contributed by atoms with E-state index >= 15 is 0 Å². The van der Waals surface area contributed by atoms with Crippen molar-refractivity contribution in [2.75, 3.05) is 24.0 Å². The summed E-state index contributed by atoms with van der Waals surface area (Å²) in [5.41, 5.74) is 0.752. The highest BCUT2D eigenvalue weighted by Gasteiger charge is 2.25. The van der Waals surface area contributed by atoms with Gasteiger partial charge in [0.25, 0.3) is 15.9 Å². The molecule has 0 bridgehead atoms. The van der Waals surface area contributed by atoms with Gasteiger partial charge in [-0.25, -0.2) is 8.42 Å². The number of ether oxygens (including phenoxy) is 2. The Kier molecular flexibility index (Phi) is 6.65. The number of anilines is 1. The maximum absolute atomic E-state index is 13.3. The number of nitrogens with one attached hydrogen (secondary N) is 1. The van der Waals surface area contributed by atoms with Crippen molar-refractivity contribution in [3.8, 4) is 11.5 Å². The number of fused-ring (bicyclic) bond motifs is 1. The fourth-order valence-corrected chi connectivity index (χ4v) is 4.93. The zero-order valence-corrected chi connectivity index (χ0v) is 18.7. The fourth-order valence-electron chi connectivity index (χ4n) is 3.45. The third-order valence-electron chi connectivity index (χ3n) is 5.08. The average Bonchev–Trinajstić information content (AvgIpc) is 2.86. The van der Waals surface area contributed by atoms with Crippen LogP contribution in [0.25, 0.3) is 0 Å². The smallest absolute Gasteiger partial charge is 0.264 e. The van der Waals surface area contributed by atoms with Crippen molar-refractivity contribution in [3.63, 3.8) is 0 Å². The molecule has 0 fully saturated rings. The summed E-state index contributed by atoms with van der Waals surface area (Å²) >= 11 is 0. The molecule has 1 aliphatic rings. The van der Waals surface area contributed by atoms with Crippen LogP contribution in [0.15, 0.2) is 96.4 Å². The number of rotatable bonds is 8. The van der Waals surface area contributed by atoms with Crippen LogP contribution in [0.4, 0.5) is 5.69 Å². The number of hydrogen-bond acceptors (Lipinski definition) is 5. The molecule has 1 amide bonds. The molecule has 4 rings (SSSR count). The summed E-state index contributed by atoms with van der Waals surface area (Å²) in [6.45, 7) is 4.29. The maximum Gasteiger partial charge on any atom is 0.264 e. The van der Waals surface area contributed by atoms with Gasteiger partial charge in [-0.05, 0) is 42.5 Å². The first-order chi connectivity index (χ1) is 16.0. The summed E-state index contributed by atoms with van der Waals surface area (Å²) in [6, 6.07) is 22.1. The van der Waals surface area contributed by atoms with Gasteiger partial charge in [0.2, 0.25) is 0 Å². The summed E-state index contributed by atoms with van der Waals surface area (Å²) in [5.74, 6) is 0.893. The van der Waals surface area contributed by atoms with Crippen molar-refractivity contribution >= 4 is 21.6 Å². The number of para-hydroxylation sites is 3. The molecule has 0 saturated carbocycles. The van der Waals surface area contributed by atoms with Crippen molar-refractivity contribution in [2.45, 2.75) is 11.0 Å². The molecule has 1 N–H and O–H groups in total. The van der Waals surface area contributed by atoms with Crippen LogP contribution in [0, 0.1) is 0 Å². The van der Waals surface area contributed by atoms with Gasteiger partial charge in [0, 0.05) is 5.56 Å². The first-order valence-corrected chi connectivity index (χ1v) is 11.9. The maximum atomic E-state index is 13.3. The monoisotopic (exact) mass is 464 g/mol. The second kappa shape index (κ2) is 9.79. The molecule has 7 nitrogen and oxygen atoms in total. The lowest BCUT2D eigenvalue weighted by Crippen LogP contribution is -2.40. The van der Waals surface area contributed by atoms with Crippen LogP contribution in [-0.2, 0) is 10.0 Å². The lowest BCUT2D eigenvalue weighted by atomic mass is 10.2. The molecule has 3 aromatic rings. The molecule has 0 aromatic heterocycles. The molecule has 0 radical (unpaired) electrons. The van der Waals surface area contributed by atoms with Crippen LogP contribution < -0.4 is 19.1 Å². The van der Waals surface area contributed by atoms with Crippen LogP contribution in [0.1, 0.15) is 10.4 Å². The fraction of sp³-hybridized carbons (Fsp3) is 0.160. The predicted molar refractivity (Wildman–Crippen MR) is 126 cm³/mol. The summed E-state index contributed by atoms with van der Waals surface area (Å²) in [4.78, 5) is 12.8. The highest BCUT2D eigenvalue weighted by molar-refractivity contribution is 7.92. The van der Waals surface area contributed by atoms with Gasteiger partial charge in [0.1, 0.15) is 12.7 Å². The molecule has 170 valence electrons. The van der Waals surface area contributed by atoms with Gasteiger partial charge in [-0.3, -0.25) is 9.10 Å². The SMILES string of the molecule is C=CCN(c1ccccc1)S(=O)(=O)c1cccc(C(=O)NC[C@H]2COc3ccccc3O2)c1. The molecule has 8 heteroatoms. The number of benzene rings is 3. The van der Waals surface area contributed by atoms with E-state index in [2.05, 4.69) is 11.9 Å². The van der Waals surface area contributed by atoms with Gasteiger partial charge in [-0.1, -0.05) is 42.5 Å². The normalized spacial score (nSPS) is 14.8. The van der Waals surface area contributed by atoms with Crippen LogP contribution >= 0.6 is 0 Å². The second-order valence-corrected chi connectivity index (χ2v) is 9.26. The average molecular weight is 465 g/mol. The Bertz CT molecular complexity index is 1240. The molecule has 0 aliphatic carbocycles. The first kappa shape index (κ1) is 22.4. The van der Waals surface area contributed by atoms with E-state index in [1.165, 1.54) is 22.5 Å². The Hall–Kier alpha value is -3.78. The number of sulfonamides is 1. The van der Waals surface area contributed by atoms with E-state index < -0.39 is 15.9 Å². The molecular weight excluding hydrogens is 440 g/mol. The van der Waals surface area contributed by atoms with Crippen molar-refractivity contribution in [1.29, 1.82) is 0 Å². The molecule has 1 atom stereocenters. The highest BCUT2D eigenvalue weighted by atomic mass is 32.2. The number of amides is 1. The Balaban J connectivity index is 1.48. The van der Waals surface area contributed by atoms with Gasteiger partial charge < -0.3 is 14.8 Å². The molecule has 0 spiro atoms. The zero-order chi connectivity index (χ0) is 23.3. The zero-order valence-electron chi connectivity index (χ0n) is 17.9. The molecule has 0 unspecified atom stereocenters. The number of carbonyl (C=O) groups excluding carboxylic acids is 1. The predicted octanol–water partition coefficient (Wildman–Crippen LogP) is 3.64. The molecule has 0 saturated heterocycles. The summed E-state index contributed by atoms with van der Waals surface area (Å²) in [7, 11) is -3.90. The van der Waals surface area contributed by atoms with E-state index in [4.69, 9.17) is 9.47 Å². The van der Waals surface area contributed by atoms with E-state index in [1.807, 2.05) is 24.3 Å². The van der Waals surface area contributed by atoms with Gasteiger partial charge in [-0.15, -0.1) is 6.58 Å². The minimum atomic E-state index is -3.90. The van der Waals surface area contributed by atoms with Crippen LogP contribution in [-0.4, -0.2) is 40.1 Å². The number of carbonyl (C=O) groups is 1. The van der Waals surface area contributed by atoms with E-state index in [1.54, 1.807) is 42.5 Å². The van der Waals surface area contributed by atoms with Gasteiger partial charge in [0.15, 0.2) is 11.5 Å². The Morgan fingerprint density at radius 3 is 2.52 bits per heavy atom. The Labute approximate surface area is 193 Å². The van der Waals surface area contributed by atoms with Crippen molar-refractivity contribution in [1.82, 2.24) is 5.32 Å². The topological polar surface area (TPSA) is 84.9 Å². The molecule has 3 aromatic carbocycles. The largest absolute Gasteiger partial charge is 0.486 e. The van der Waals surface area contributed by atoms with Crippen molar-refractivity contribution in [3.05, 3.63) is 97.1 Å². The molecule has 33 heavy (non-hydrogen) atoms. The number of hydrogen-bond donors (Lipinski definition) is 1. The Morgan fingerprint density at radius 2 is 1.76 bits per heavy atom. The molecular formula is C25H24N2O5S. The van der Waals surface area contributed by atoms with E-state index in [0.717, 1.165) is 0 Å². The van der Waals surface area contributed by atoms with Crippen molar-refractivity contribution < 1.29 is 22.7 Å². The third kappa shape index (κ3) is 5.01. The van der Waals surface area contributed by atoms with Gasteiger partial charge >= 0.3 is 0 Å². The van der Waals surface area contributed by atoms with Crippen LogP contribution in [0.2, 0.25) is 0 Å².